The summed E-state index contributed by atoms with van der Waals surface area (Å²) in [5.74, 6) is 0.429. The van der Waals surface area contributed by atoms with Gasteiger partial charge in [-0.25, -0.2) is 9.78 Å². The van der Waals surface area contributed by atoms with Crippen LogP contribution < -0.4 is 11.2 Å². The first-order valence-corrected chi connectivity index (χ1v) is 6.34. The molecule has 3 rings (SSSR count). The maximum atomic E-state index is 12.1. The maximum absolute atomic E-state index is 12.1. The van der Waals surface area contributed by atoms with Gasteiger partial charge in [0.15, 0.2) is 11.8 Å². The van der Waals surface area contributed by atoms with Gasteiger partial charge in [0, 0.05) is 6.54 Å². The van der Waals surface area contributed by atoms with Gasteiger partial charge in [0.05, 0.1) is 0 Å². The lowest BCUT2D eigenvalue weighted by Crippen LogP contribution is -2.37. The molecular weight excluding hydrogens is 232 g/mol. The van der Waals surface area contributed by atoms with Gasteiger partial charge in [-0.15, -0.1) is 0 Å². The van der Waals surface area contributed by atoms with Crippen molar-refractivity contribution in [3.05, 3.63) is 27.2 Å². The van der Waals surface area contributed by atoms with Crippen LogP contribution in [0.5, 0.6) is 0 Å². The van der Waals surface area contributed by atoms with Crippen LogP contribution in [0.25, 0.3) is 11.2 Å². The molecule has 0 spiro atoms. The number of hydrogen-bond donors (Lipinski definition) is 2. The van der Waals surface area contributed by atoms with Crippen LogP contribution in [0.3, 0.4) is 0 Å². The van der Waals surface area contributed by atoms with Crippen LogP contribution in [-0.4, -0.2) is 19.5 Å². The van der Waals surface area contributed by atoms with Crippen molar-refractivity contribution in [3.8, 4) is 0 Å². The van der Waals surface area contributed by atoms with Gasteiger partial charge in [-0.05, 0) is 18.8 Å². The van der Waals surface area contributed by atoms with Crippen molar-refractivity contribution >= 4 is 11.2 Å². The Bertz CT molecular complexity index is 661. The van der Waals surface area contributed by atoms with E-state index in [0.717, 1.165) is 12.8 Å². The average molecular weight is 247 g/mol. The predicted molar refractivity (Wildman–Crippen MR) is 66.4 cm³/mol. The summed E-state index contributed by atoms with van der Waals surface area (Å²) in [7, 11) is 0. The van der Waals surface area contributed by atoms with E-state index in [0.29, 0.717) is 18.1 Å². The number of rotatable bonds is 2. The molecular formula is C12H15N4O2. The topological polar surface area (TPSA) is 83.5 Å². The molecule has 0 saturated heterocycles. The van der Waals surface area contributed by atoms with Crippen LogP contribution in [-0.2, 0) is 6.54 Å². The van der Waals surface area contributed by atoms with E-state index in [-0.39, 0.29) is 16.8 Å². The summed E-state index contributed by atoms with van der Waals surface area (Å²) in [6, 6.07) is 0. The third kappa shape index (κ3) is 1.87. The van der Waals surface area contributed by atoms with Crippen LogP contribution in [0, 0.1) is 12.2 Å². The highest BCUT2D eigenvalue weighted by Crippen LogP contribution is 2.24. The van der Waals surface area contributed by atoms with Gasteiger partial charge in [0.25, 0.3) is 5.56 Å². The lowest BCUT2D eigenvalue weighted by Gasteiger charge is -2.21. The number of nitrogens with one attached hydrogen (secondary N) is 2. The highest BCUT2D eigenvalue weighted by atomic mass is 16.2. The van der Waals surface area contributed by atoms with Crippen LogP contribution in [0.15, 0.2) is 9.59 Å². The second-order valence-corrected chi connectivity index (χ2v) is 4.92. The zero-order valence-corrected chi connectivity index (χ0v) is 10.0. The van der Waals surface area contributed by atoms with Crippen LogP contribution in [0.4, 0.5) is 0 Å². The SMILES string of the molecule is O=c1[nH]c2[nH][c]nc2c(=O)n1CC1CCCCC1. The summed E-state index contributed by atoms with van der Waals surface area (Å²) >= 11 is 0. The first-order chi connectivity index (χ1) is 8.75. The minimum atomic E-state index is -0.365. The highest BCUT2D eigenvalue weighted by Gasteiger charge is 2.17. The number of nitrogens with zero attached hydrogens (tertiary/aromatic N) is 2. The largest absolute Gasteiger partial charge is 0.330 e. The fourth-order valence-corrected chi connectivity index (χ4v) is 2.69. The van der Waals surface area contributed by atoms with Crippen molar-refractivity contribution in [2.75, 3.05) is 0 Å². The quantitative estimate of drug-likeness (QED) is 0.823. The summed E-state index contributed by atoms with van der Waals surface area (Å²) < 4.78 is 1.27. The number of H-pyrrole nitrogens is 2. The van der Waals surface area contributed by atoms with Gasteiger partial charge in [-0.2, -0.15) is 0 Å². The summed E-state index contributed by atoms with van der Waals surface area (Å²) in [6.07, 6.45) is 8.31. The molecule has 6 nitrogen and oxygen atoms in total. The van der Waals surface area contributed by atoms with Crippen molar-refractivity contribution < 1.29 is 0 Å². The molecule has 6 heteroatoms. The average Bonchev–Trinajstić information content (AvgIpc) is 2.84. The standard InChI is InChI=1S/C12H15N4O2/c17-11-9-10(14-7-13-9)15-12(18)16(11)6-8-4-2-1-3-5-8/h8H,1-6H2,(H,13,14)(H,15,18). The van der Waals surface area contributed by atoms with Gasteiger partial charge in [0.2, 0.25) is 0 Å². The van der Waals surface area contributed by atoms with E-state index in [9.17, 15) is 9.59 Å². The van der Waals surface area contributed by atoms with E-state index in [1.807, 2.05) is 0 Å². The van der Waals surface area contributed by atoms with Crippen molar-refractivity contribution in [2.45, 2.75) is 38.6 Å². The number of fused-ring (bicyclic) bond motifs is 1. The number of aromatic amines is 2. The molecule has 18 heavy (non-hydrogen) atoms. The molecule has 0 aromatic carbocycles. The molecule has 1 aliphatic rings. The van der Waals surface area contributed by atoms with Crippen molar-refractivity contribution in [1.29, 1.82) is 0 Å². The second-order valence-electron chi connectivity index (χ2n) is 4.92. The number of aromatic nitrogens is 4. The van der Waals surface area contributed by atoms with Crippen molar-refractivity contribution in [2.24, 2.45) is 5.92 Å². The normalized spacial score (nSPS) is 17.3. The molecule has 0 unspecified atom stereocenters. The van der Waals surface area contributed by atoms with E-state index in [4.69, 9.17) is 0 Å². The fourth-order valence-electron chi connectivity index (χ4n) is 2.69. The molecule has 95 valence electrons. The van der Waals surface area contributed by atoms with E-state index in [1.165, 1.54) is 23.8 Å². The van der Waals surface area contributed by atoms with E-state index >= 15 is 0 Å². The van der Waals surface area contributed by atoms with Crippen molar-refractivity contribution in [3.63, 3.8) is 0 Å². The third-order valence-corrected chi connectivity index (χ3v) is 3.68. The molecule has 0 bridgehead atoms. The van der Waals surface area contributed by atoms with Gasteiger partial charge in [-0.1, -0.05) is 19.3 Å². The zero-order chi connectivity index (χ0) is 12.5. The van der Waals surface area contributed by atoms with Crippen LogP contribution in [0.1, 0.15) is 32.1 Å². The third-order valence-electron chi connectivity index (χ3n) is 3.68. The van der Waals surface area contributed by atoms with Gasteiger partial charge >= 0.3 is 5.69 Å². The van der Waals surface area contributed by atoms with E-state index in [2.05, 4.69) is 21.3 Å². The Morgan fingerprint density at radius 2 is 2.06 bits per heavy atom. The Balaban J connectivity index is 2.00. The first-order valence-electron chi connectivity index (χ1n) is 6.34. The Morgan fingerprint density at radius 1 is 1.28 bits per heavy atom. The van der Waals surface area contributed by atoms with Gasteiger partial charge in [-0.3, -0.25) is 14.3 Å². The molecule has 1 radical (unpaired) electrons. The summed E-state index contributed by atoms with van der Waals surface area (Å²) in [4.78, 5) is 33.1. The molecule has 1 aliphatic carbocycles. The summed E-state index contributed by atoms with van der Waals surface area (Å²) in [6.45, 7) is 0.497. The Hall–Kier alpha value is -1.85. The van der Waals surface area contributed by atoms with Gasteiger partial charge < -0.3 is 4.98 Å². The highest BCUT2D eigenvalue weighted by molar-refractivity contribution is 5.67. The lowest BCUT2D eigenvalue weighted by molar-refractivity contribution is 0.312. The Kier molecular flexibility index (Phi) is 2.77. The molecule has 1 fully saturated rings. The molecule has 2 heterocycles. The summed E-state index contributed by atoms with van der Waals surface area (Å²) in [5, 5.41) is 0. The van der Waals surface area contributed by atoms with Crippen LogP contribution in [0.2, 0.25) is 0 Å². The molecule has 2 aromatic rings. The number of hydrogen-bond acceptors (Lipinski definition) is 3. The molecule has 0 aliphatic heterocycles. The summed E-state index contributed by atoms with van der Waals surface area (Å²) in [5.41, 5.74) is -0.0807. The van der Waals surface area contributed by atoms with Gasteiger partial charge in [0.1, 0.15) is 5.65 Å². The lowest BCUT2D eigenvalue weighted by atomic mass is 9.89. The maximum Gasteiger partial charge on any atom is 0.330 e. The molecule has 0 amide bonds. The predicted octanol–water partition coefficient (Wildman–Crippen LogP) is 0.793. The fraction of sp³-hybridized carbons (Fsp3) is 0.583. The molecule has 0 atom stereocenters. The number of imidazole rings is 1. The van der Waals surface area contributed by atoms with E-state index in [1.54, 1.807) is 0 Å². The molecule has 2 aromatic heterocycles. The minimum absolute atomic E-state index is 0.255. The van der Waals surface area contributed by atoms with E-state index < -0.39 is 0 Å². The second kappa shape index (κ2) is 4.44. The Labute approximate surface area is 103 Å². The van der Waals surface area contributed by atoms with Crippen molar-refractivity contribution in [1.82, 2.24) is 19.5 Å². The zero-order valence-electron chi connectivity index (χ0n) is 10.0. The molecule has 1 saturated carbocycles. The van der Waals surface area contributed by atoms with Crippen LogP contribution >= 0.6 is 0 Å². The Morgan fingerprint density at radius 3 is 2.83 bits per heavy atom. The first kappa shape index (κ1) is 11.3. The minimum Gasteiger partial charge on any atom is -0.321 e. The monoisotopic (exact) mass is 247 g/mol. The molecule has 2 N–H and O–H groups in total. The smallest absolute Gasteiger partial charge is 0.321 e.